The van der Waals surface area contributed by atoms with E-state index in [0.717, 1.165) is 38.5 Å². The van der Waals surface area contributed by atoms with Crippen LogP contribution in [0, 0.1) is 5.92 Å². The van der Waals surface area contributed by atoms with E-state index in [4.69, 9.17) is 0 Å². The summed E-state index contributed by atoms with van der Waals surface area (Å²) < 4.78 is 24.9. The minimum absolute atomic E-state index is 0.0123. The van der Waals surface area contributed by atoms with Gasteiger partial charge in [0.1, 0.15) is 13.3 Å². The molecule has 0 fully saturated rings. The second-order valence-electron chi connectivity index (χ2n) is 9.54. The van der Waals surface area contributed by atoms with Crippen LogP contribution < -0.4 is 0 Å². The van der Waals surface area contributed by atoms with Crippen molar-refractivity contribution < 1.29 is 18.4 Å². The molecule has 0 saturated carbocycles. The van der Waals surface area contributed by atoms with E-state index in [-0.39, 0.29) is 17.1 Å². The van der Waals surface area contributed by atoms with E-state index in [9.17, 15) is 18.4 Å². The predicted molar refractivity (Wildman–Crippen MR) is 135 cm³/mol. The molecular weight excluding hydrogens is 418 g/mol. The third-order valence-electron chi connectivity index (χ3n) is 6.70. The SMILES string of the molecule is CC1=C(C)C(=O)C(CCC(C)CC/C=C(\C)CC/C=C(\C)CCC=C(CF)CF)=C(C)C1=O. The summed E-state index contributed by atoms with van der Waals surface area (Å²) in [5.74, 6) is 0.536. The molecule has 0 spiro atoms. The Labute approximate surface area is 199 Å². The summed E-state index contributed by atoms with van der Waals surface area (Å²) in [5, 5.41) is 0. The van der Waals surface area contributed by atoms with Gasteiger partial charge in [-0.25, -0.2) is 8.78 Å². The Bertz CT molecular complexity index is 847. The molecule has 0 bridgehead atoms. The second-order valence-corrected chi connectivity index (χ2v) is 9.54. The predicted octanol–water partition coefficient (Wildman–Crippen LogP) is 8.31. The second kappa shape index (κ2) is 14.9. The van der Waals surface area contributed by atoms with Crippen LogP contribution in [-0.2, 0) is 9.59 Å². The third-order valence-corrected chi connectivity index (χ3v) is 6.70. The summed E-state index contributed by atoms with van der Waals surface area (Å²) in [4.78, 5) is 24.9. The number of rotatable bonds is 14. The number of alkyl halides is 2. The van der Waals surface area contributed by atoms with Crippen molar-refractivity contribution in [1.29, 1.82) is 0 Å². The summed E-state index contributed by atoms with van der Waals surface area (Å²) in [6.07, 6.45) is 13.3. The van der Waals surface area contributed by atoms with Gasteiger partial charge < -0.3 is 0 Å². The van der Waals surface area contributed by atoms with Crippen molar-refractivity contribution in [3.05, 3.63) is 57.2 Å². The first-order valence-corrected chi connectivity index (χ1v) is 12.2. The van der Waals surface area contributed by atoms with E-state index in [2.05, 4.69) is 32.9 Å². The fraction of sp³-hybridized carbons (Fsp3) is 0.586. The van der Waals surface area contributed by atoms with Gasteiger partial charge in [-0.05, 0) is 97.5 Å². The molecule has 0 aromatic rings. The molecule has 0 radical (unpaired) electrons. The van der Waals surface area contributed by atoms with Crippen molar-refractivity contribution in [2.24, 2.45) is 5.92 Å². The molecule has 0 aromatic carbocycles. The summed E-state index contributed by atoms with van der Waals surface area (Å²) in [6.45, 7) is 10.3. The van der Waals surface area contributed by atoms with Crippen LogP contribution in [0.25, 0.3) is 0 Å². The summed E-state index contributed by atoms with van der Waals surface area (Å²) >= 11 is 0. The van der Waals surface area contributed by atoms with Crippen molar-refractivity contribution in [1.82, 2.24) is 0 Å². The molecule has 2 nitrogen and oxygen atoms in total. The van der Waals surface area contributed by atoms with E-state index < -0.39 is 13.3 Å². The van der Waals surface area contributed by atoms with E-state index in [0.29, 0.717) is 41.1 Å². The maximum absolute atomic E-state index is 12.6. The summed E-state index contributed by atoms with van der Waals surface area (Å²) in [5.41, 5.74) is 5.36. The average molecular weight is 461 g/mol. The maximum Gasteiger partial charge on any atom is 0.185 e. The minimum atomic E-state index is -0.701. The quantitative estimate of drug-likeness (QED) is 0.193. The molecule has 33 heavy (non-hydrogen) atoms. The number of Topliss-reactive ketones (excluding diaryl/α,β-unsaturated/α-hetero) is 2. The van der Waals surface area contributed by atoms with Crippen LogP contribution >= 0.6 is 0 Å². The Balaban J connectivity index is 2.37. The van der Waals surface area contributed by atoms with Crippen LogP contribution in [0.3, 0.4) is 0 Å². The Morgan fingerprint density at radius 1 is 0.758 bits per heavy atom. The Morgan fingerprint density at radius 2 is 1.27 bits per heavy atom. The molecule has 0 aromatic heterocycles. The Morgan fingerprint density at radius 3 is 1.85 bits per heavy atom. The van der Waals surface area contributed by atoms with Crippen LogP contribution in [0.5, 0.6) is 0 Å². The van der Waals surface area contributed by atoms with Crippen LogP contribution in [0.15, 0.2) is 57.2 Å². The smallest absolute Gasteiger partial charge is 0.185 e. The normalized spacial score (nSPS) is 16.6. The molecule has 1 unspecified atom stereocenters. The molecule has 0 heterocycles. The molecule has 0 saturated heterocycles. The molecule has 0 aliphatic heterocycles. The standard InChI is InChI=1S/C29H42F2O2/c1-20(10-7-11-21(2)14-9-15-26(18-30)19-31)12-8-13-22(3)16-17-27-25(6)28(32)23(4)24(5)29(27)33/h11-12,15,22H,7-10,13-14,16-19H2,1-6H3/b20-12+,21-11+. The maximum atomic E-state index is 12.6. The lowest BCUT2D eigenvalue weighted by molar-refractivity contribution is -0.116. The number of carbonyl (C=O) groups is 2. The molecule has 0 amide bonds. The van der Waals surface area contributed by atoms with Crippen LogP contribution in [-0.4, -0.2) is 24.9 Å². The zero-order valence-electron chi connectivity index (χ0n) is 21.5. The lowest BCUT2D eigenvalue weighted by Crippen LogP contribution is -2.21. The van der Waals surface area contributed by atoms with Gasteiger partial charge in [-0.2, -0.15) is 0 Å². The van der Waals surface area contributed by atoms with Gasteiger partial charge >= 0.3 is 0 Å². The van der Waals surface area contributed by atoms with Crippen molar-refractivity contribution in [2.75, 3.05) is 13.3 Å². The lowest BCUT2D eigenvalue weighted by Gasteiger charge is -2.20. The zero-order valence-corrected chi connectivity index (χ0v) is 21.5. The van der Waals surface area contributed by atoms with Gasteiger partial charge in [-0.3, -0.25) is 9.59 Å². The fourth-order valence-electron chi connectivity index (χ4n) is 4.01. The molecule has 1 rings (SSSR count). The zero-order chi connectivity index (χ0) is 25.0. The molecule has 1 aliphatic rings. The number of hydrogen-bond donors (Lipinski definition) is 0. The van der Waals surface area contributed by atoms with Crippen molar-refractivity contribution in [3.8, 4) is 0 Å². The van der Waals surface area contributed by atoms with E-state index >= 15 is 0 Å². The first-order chi connectivity index (χ1) is 15.6. The molecule has 1 atom stereocenters. The largest absolute Gasteiger partial charge is 0.289 e. The number of halogens is 2. The van der Waals surface area contributed by atoms with Gasteiger partial charge in [-0.15, -0.1) is 0 Å². The van der Waals surface area contributed by atoms with Gasteiger partial charge in [-0.1, -0.05) is 36.3 Å². The van der Waals surface area contributed by atoms with Crippen molar-refractivity contribution in [2.45, 2.75) is 92.9 Å². The molecule has 184 valence electrons. The molecule has 1 aliphatic carbocycles. The van der Waals surface area contributed by atoms with E-state index in [1.165, 1.54) is 11.1 Å². The van der Waals surface area contributed by atoms with Crippen molar-refractivity contribution >= 4 is 11.6 Å². The monoisotopic (exact) mass is 460 g/mol. The van der Waals surface area contributed by atoms with E-state index in [1.807, 2.05) is 0 Å². The number of hydrogen-bond acceptors (Lipinski definition) is 2. The van der Waals surface area contributed by atoms with Crippen LogP contribution in [0.4, 0.5) is 8.78 Å². The molecule has 0 N–H and O–H groups in total. The Hall–Kier alpha value is -2.10. The van der Waals surface area contributed by atoms with Crippen LogP contribution in [0.2, 0.25) is 0 Å². The fourth-order valence-corrected chi connectivity index (χ4v) is 4.01. The highest BCUT2D eigenvalue weighted by Crippen LogP contribution is 2.29. The lowest BCUT2D eigenvalue weighted by atomic mass is 9.82. The van der Waals surface area contributed by atoms with Crippen LogP contribution in [0.1, 0.15) is 92.9 Å². The number of allylic oxidation sites excluding steroid dienone is 10. The summed E-state index contributed by atoms with van der Waals surface area (Å²) in [6, 6.07) is 0. The number of ketones is 2. The first kappa shape index (κ1) is 28.9. The highest BCUT2D eigenvalue weighted by Gasteiger charge is 2.27. The topological polar surface area (TPSA) is 34.1 Å². The van der Waals surface area contributed by atoms with Gasteiger partial charge in [0, 0.05) is 22.3 Å². The van der Waals surface area contributed by atoms with Gasteiger partial charge in [0.2, 0.25) is 0 Å². The average Bonchev–Trinajstić information content (AvgIpc) is 2.79. The first-order valence-electron chi connectivity index (χ1n) is 12.2. The van der Waals surface area contributed by atoms with Crippen molar-refractivity contribution in [3.63, 3.8) is 0 Å². The molecular formula is C29H42F2O2. The third kappa shape index (κ3) is 9.73. The van der Waals surface area contributed by atoms with Gasteiger partial charge in [0.15, 0.2) is 11.6 Å². The number of carbonyl (C=O) groups excluding carboxylic acids is 2. The van der Waals surface area contributed by atoms with Gasteiger partial charge in [0.05, 0.1) is 0 Å². The highest BCUT2D eigenvalue weighted by molar-refractivity contribution is 6.24. The highest BCUT2D eigenvalue weighted by atomic mass is 19.1. The molecule has 4 heteroatoms. The van der Waals surface area contributed by atoms with Gasteiger partial charge in [0.25, 0.3) is 0 Å². The Kier molecular flexibility index (Phi) is 13.1. The van der Waals surface area contributed by atoms with E-state index in [1.54, 1.807) is 26.8 Å². The minimum Gasteiger partial charge on any atom is -0.289 e. The summed E-state index contributed by atoms with van der Waals surface area (Å²) in [7, 11) is 0.